The van der Waals surface area contributed by atoms with Crippen LogP contribution in [0.3, 0.4) is 0 Å². The van der Waals surface area contributed by atoms with E-state index in [2.05, 4.69) is 10.3 Å². The zero-order chi connectivity index (χ0) is 24.6. The molecule has 0 saturated heterocycles. The van der Waals surface area contributed by atoms with Crippen LogP contribution >= 0.6 is 0 Å². The molecule has 0 bridgehead atoms. The maximum atomic E-state index is 13.8. The van der Waals surface area contributed by atoms with Gasteiger partial charge in [-0.2, -0.15) is 0 Å². The highest BCUT2D eigenvalue weighted by atomic mass is 16.2. The molecule has 1 atom stereocenters. The predicted molar refractivity (Wildman–Crippen MR) is 137 cm³/mol. The van der Waals surface area contributed by atoms with Crippen molar-refractivity contribution in [3.8, 4) is 0 Å². The monoisotopic (exact) mass is 467 g/mol. The molecule has 1 aliphatic heterocycles. The predicted octanol–water partition coefficient (Wildman–Crippen LogP) is 3.83. The summed E-state index contributed by atoms with van der Waals surface area (Å²) >= 11 is 0. The lowest BCUT2D eigenvalue weighted by Crippen LogP contribution is -2.63. The topological polar surface area (TPSA) is 70.5 Å². The Hall–Kier alpha value is -4.13. The van der Waals surface area contributed by atoms with Crippen molar-refractivity contribution < 1.29 is 9.59 Å². The van der Waals surface area contributed by atoms with Gasteiger partial charge in [0.1, 0.15) is 5.54 Å². The van der Waals surface area contributed by atoms with Crippen molar-refractivity contribution >= 4 is 28.5 Å². The highest BCUT2D eigenvalue weighted by Gasteiger charge is 2.48. The Morgan fingerprint density at radius 3 is 2.37 bits per heavy atom. The second-order valence-electron chi connectivity index (χ2n) is 9.40. The molecule has 1 aliphatic rings. The summed E-state index contributed by atoms with van der Waals surface area (Å²) in [6.45, 7) is 2.87. The first kappa shape index (κ1) is 22.7. The zero-order valence-electron chi connectivity index (χ0n) is 20.2. The highest BCUT2D eigenvalue weighted by molar-refractivity contribution is 6.01. The molecule has 0 saturated carbocycles. The third-order valence-electron chi connectivity index (χ3n) is 6.73. The molecule has 0 fully saturated rings. The molecule has 1 aromatic heterocycles. The van der Waals surface area contributed by atoms with Crippen LogP contribution in [0.15, 0.2) is 78.9 Å². The van der Waals surface area contributed by atoms with Crippen molar-refractivity contribution in [2.75, 3.05) is 19.0 Å². The summed E-state index contributed by atoms with van der Waals surface area (Å²) in [6, 6.07) is 25.5. The maximum Gasteiger partial charge on any atom is 0.291 e. The standard InChI is InChI=1S/C28H29N5O2/c1-28(27(35)29-17-20-9-5-4-6-10-20)19-32-24-12-8-7-11-23(24)30-25(32)26(34)33(28)18-21-13-15-22(16-14-21)31(2)3/h4-16H,17-19H2,1-3H3,(H,29,35)/t28-/m0/s1. The average molecular weight is 468 g/mol. The van der Waals surface area contributed by atoms with Crippen LogP contribution in [0.2, 0.25) is 0 Å². The molecule has 5 rings (SSSR count). The molecule has 0 aliphatic carbocycles. The average Bonchev–Trinajstić information content (AvgIpc) is 3.24. The number of carbonyl (C=O) groups is 2. The number of rotatable bonds is 6. The van der Waals surface area contributed by atoms with Crippen LogP contribution in [-0.4, -0.2) is 45.9 Å². The number of carbonyl (C=O) groups excluding carboxylic acids is 2. The number of nitrogens with one attached hydrogen (secondary N) is 1. The van der Waals surface area contributed by atoms with E-state index in [0.717, 1.165) is 27.8 Å². The summed E-state index contributed by atoms with van der Waals surface area (Å²) in [6.07, 6.45) is 0. The molecule has 0 spiro atoms. The number of hydrogen-bond acceptors (Lipinski definition) is 4. The molecule has 0 radical (unpaired) electrons. The van der Waals surface area contributed by atoms with Crippen LogP contribution in [0.1, 0.15) is 28.7 Å². The van der Waals surface area contributed by atoms with Gasteiger partial charge in [0, 0.05) is 32.9 Å². The Kier molecular flexibility index (Phi) is 5.76. The van der Waals surface area contributed by atoms with E-state index >= 15 is 0 Å². The van der Waals surface area contributed by atoms with Crippen LogP contribution in [0.25, 0.3) is 11.0 Å². The van der Waals surface area contributed by atoms with Crippen LogP contribution in [0.4, 0.5) is 5.69 Å². The van der Waals surface area contributed by atoms with Crippen molar-refractivity contribution in [1.82, 2.24) is 19.8 Å². The van der Waals surface area contributed by atoms with E-state index in [1.54, 1.807) is 4.90 Å². The molecular formula is C28H29N5O2. The highest BCUT2D eigenvalue weighted by Crippen LogP contribution is 2.32. The summed E-state index contributed by atoms with van der Waals surface area (Å²) in [5, 5.41) is 3.07. The second-order valence-corrected chi connectivity index (χ2v) is 9.40. The lowest BCUT2D eigenvalue weighted by molar-refractivity contribution is -0.133. The van der Waals surface area contributed by atoms with Gasteiger partial charge in [0.05, 0.1) is 17.6 Å². The van der Waals surface area contributed by atoms with Crippen molar-refractivity contribution in [2.24, 2.45) is 0 Å². The van der Waals surface area contributed by atoms with Crippen LogP contribution < -0.4 is 10.2 Å². The number of para-hydroxylation sites is 2. The summed E-state index contributed by atoms with van der Waals surface area (Å²) in [4.78, 5) is 35.8. The molecule has 35 heavy (non-hydrogen) atoms. The molecule has 7 nitrogen and oxygen atoms in total. The second kappa shape index (κ2) is 8.91. The van der Waals surface area contributed by atoms with E-state index in [-0.39, 0.29) is 11.8 Å². The molecule has 2 amide bonds. The minimum atomic E-state index is -1.09. The summed E-state index contributed by atoms with van der Waals surface area (Å²) in [5.41, 5.74) is 3.54. The molecule has 1 N–H and O–H groups in total. The lowest BCUT2D eigenvalue weighted by Gasteiger charge is -2.43. The normalized spacial score (nSPS) is 17.3. The van der Waals surface area contributed by atoms with Gasteiger partial charge in [-0.1, -0.05) is 54.6 Å². The van der Waals surface area contributed by atoms with E-state index < -0.39 is 5.54 Å². The Morgan fingerprint density at radius 1 is 0.971 bits per heavy atom. The minimum absolute atomic E-state index is 0.192. The fourth-order valence-electron chi connectivity index (χ4n) is 4.63. The van der Waals surface area contributed by atoms with Gasteiger partial charge in [-0.15, -0.1) is 0 Å². The lowest BCUT2D eigenvalue weighted by atomic mass is 9.94. The summed E-state index contributed by atoms with van der Waals surface area (Å²) in [5.74, 6) is -0.0750. The molecular weight excluding hydrogens is 438 g/mol. The third kappa shape index (κ3) is 4.14. The van der Waals surface area contributed by atoms with Gasteiger partial charge in [-0.25, -0.2) is 4.98 Å². The van der Waals surface area contributed by atoms with Crippen LogP contribution in [0, 0.1) is 0 Å². The first-order chi connectivity index (χ1) is 16.9. The number of benzene rings is 3. The molecule has 0 unspecified atom stereocenters. The van der Waals surface area contributed by atoms with E-state index in [0.29, 0.717) is 25.5 Å². The molecule has 4 aromatic rings. The summed E-state index contributed by atoms with van der Waals surface area (Å²) < 4.78 is 1.88. The Labute approximate surface area is 205 Å². The third-order valence-corrected chi connectivity index (χ3v) is 6.73. The van der Waals surface area contributed by atoms with Crippen molar-refractivity contribution in [2.45, 2.75) is 32.1 Å². The van der Waals surface area contributed by atoms with Crippen molar-refractivity contribution in [3.05, 3.63) is 95.8 Å². The zero-order valence-corrected chi connectivity index (χ0v) is 20.2. The van der Waals surface area contributed by atoms with Gasteiger partial charge in [-0.05, 0) is 42.3 Å². The molecule has 3 aromatic carbocycles. The largest absolute Gasteiger partial charge is 0.378 e. The van der Waals surface area contributed by atoms with Crippen LogP contribution in [0.5, 0.6) is 0 Å². The number of hydrogen-bond donors (Lipinski definition) is 1. The molecule has 7 heteroatoms. The number of fused-ring (bicyclic) bond motifs is 3. The maximum absolute atomic E-state index is 13.8. The Balaban J connectivity index is 1.51. The van der Waals surface area contributed by atoms with Gasteiger partial charge in [0.15, 0.2) is 5.82 Å². The summed E-state index contributed by atoms with van der Waals surface area (Å²) in [7, 11) is 3.98. The Bertz CT molecular complexity index is 1380. The smallest absolute Gasteiger partial charge is 0.291 e. The number of imidazole rings is 1. The molecule has 2 heterocycles. The van der Waals surface area contributed by atoms with Gasteiger partial charge >= 0.3 is 0 Å². The minimum Gasteiger partial charge on any atom is -0.378 e. The SMILES string of the molecule is CN(C)c1ccc(CN2C(=O)c3nc4ccccc4n3C[C@@]2(C)C(=O)NCc2ccccc2)cc1. The van der Waals surface area contributed by atoms with E-state index in [1.165, 1.54) is 0 Å². The number of nitrogens with zero attached hydrogens (tertiary/aromatic N) is 4. The fourth-order valence-corrected chi connectivity index (χ4v) is 4.63. The number of anilines is 1. The van der Waals surface area contributed by atoms with Crippen LogP contribution in [-0.2, 0) is 24.4 Å². The van der Waals surface area contributed by atoms with E-state index in [4.69, 9.17) is 0 Å². The number of aromatic nitrogens is 2. The van der Waals surface area contributed by atoms with Gasteiger partial charge < -0.3 is 19.7 Å². The van der Waals surface area contributed by atoms with E-state index in [9.17, 15) is 9.59 Å². The van der Waals surface area contributed by atoms with Gasteiger partial charge in [-0.3, -0.25) is 9.59 Å². The first-order valence-corrected chi connectivity index (χ1v) is 11.7. The van der Waals surface area contributed by atoms with Crippen molar-refractivity contribution in [1.29, 1.82) is 0 Å². The first-order valence-electron chi connectivity index (χ1n) is 11.7. The van der Waals surface area contributed by atoms with Gasteiger partial charge in [0.25, 0.3) is 5.91 Å². The quantitative estimate of drug-likeness (QED) is 0.468. The number of amides is 2. The van der Waals surface area contributed by atoms with E-state index in [1.807, 2.05) is 109 Å². The Morgan fingerprint density at radius 2 is 1.66 bits per heavy atom. The van der Waals surface area contributed by atoms with Gasteiger partial charge in [0.2, 0.25) is 5.91 Å². The fraction of sp³-hybridized carbons (Fsp3) is 0.250. The molecule has 178 valence electrons. The van der Waals surface area contributed by atoms with Crippen molar-refractivity contribution in [3.63, 3.8) is 0 Å².